The minimum Gasteiger partial charge on any atom is -0.362 e. The van der Waals surface area contributed by atoms with Crippen LogP contribution in [0.1, 0.15) is 15.9 Å². The Hall–Kier alpha value is -3.48. The molecule has 2 aromatic heterocycles. The normalized spacial score (nSPS) is 10.2. The molecule has 0 saturated carbocycles. The number of aromatic nitrogens is 3. The molecule has 0 radical (unpaired) electrons. The van der Waals surface area contributed by atoms with E-state index in [0.29, 0.717) is 18.1 Å². The molecule has 26 heavy (non-hydrogen) atoms. The molecule has 0 bridgehead atoms. The molecule has 7 nitrogen and oxygen atoms in total. The second-order valence-electron chi connectivity index (χ2n) is 5.84. The van der Waals surface area contributed by atoms with Crippen molar-refractivity contribution in [3.05, 3.63) is 72.2 Å². The molecule has 1 aromatic carbocycles. The number of carbonyl (C=O) groups is 1. The summed E-state index contributed by atoms with van der Waals surface area (Å²) in [6.45, 7) is 0.402. The van der Waals surface area contributed by atoms with Gasteiger partial charge in [-0.15, -0.1) is 0 Å². The maximum absolute atomic E-state index is 12.5. The molecule has 7 heteroatoms. The van der Waals surface area contributed by atoms with E-state index in [1.54, 1.807) is 36.8 Å². The number of rotatable bonds is 6. The second-order valence-corrected chi connectivity index (χ2v) is 5.84. The first-order chi connectivity index (χ1) is 12.6. The molecule has 0 fully saturated rings. The Kier molecular flexibility index (Phi) is 5.38. The van der Waals surface area contributed by atoms with E-state index in [2.05, 4.69) is 25.6 Å². The molecule has 2 N–H and O–H groups in total. The maximum atomic E-state index is 12.5. The summed E-state index contributed by atoms with van der Waals surface area (Å²) in [6.07, 6.45) is 5.05. The molecule has 3 rings (SSSR count). The molecule has 132 valence electrons. The van der Waals surface area contributed by atoms with Crippen LogP contribution in [0.25, 0.3) is 0 Å². The highest BCUT2D eigenvalue weighted by Crippen LogP contribution is 2.16. The third kappa shape index (κ3) is 4.32. The zero-order valence-electron chi connectivity index (χ0n) is 14.7. The van der Waals surface area contributed by atoms with Gasteiger partial charge in [-0.25, -0.2) is 15.0 Å². The minimum atomic E-state index is -0.156. The summed E-state index contributed by atoms with van der Waals surface area (Å²) >= 11 is 0. The average molecular weight is 348 g/mol. The minimum absolute atomic E-state index is 0.156. The number of carbonyl (C=O) groups excluding carboxylic acids is 1. The van der Waals surface area contributed by atoms with Crippen LogP contribution >= 0.6 is 0 Å². The third-order valence-corrected chi connectivity index (χ3v) is 3.68. The number of nitrogens with one attached hydrogen (secondary N) is 2. The van der Waals surface area contributed by atoms with Gasteiger partial charge in [-0.05, 0) is 30.3 Å². The highest BCUT2D eigenvalue weighted by Gasteiger charge is 2.10. The Morgan fingerprint density at radius 3 is 2.54 bits per heavy atom. The average Bonchev–Trinajstić information content (AvgIpc) is 2.67. The molecule has 0 saturated heterocycles. The van der Waals surface area contributed by atoms with Gasteiger partial charge in [0.1, 0.15) is 5.82 Å². The van der Waals surface area contributed by atoms with Crippen LogP contribution in [-0.4, -0.2) is 35.0 Å². The van der Waals surface area contributed by atoms with Crippen LogP contribution in [0.2, 0.25) is 0 Å². The van der Waals surface area contributed by atoms with Crippen molar-refractivity contribution in [3.8, 4) is 0 Å². The summed E-state index contributed by atoms with van der Waals surface area (Å²) in [4.78, 5) is 27.0. The van der Waals surface area contributed by atoms with Gasteiger partial charge in [-0.2, -0.15) is 0 Å². The summed E-state index contributed by atoms with van der Waals surface area (Å²) < 4.78 is 0. The predicted octanol–water partition coefficient (Wildman–Crippen LogP) is 2.61. The molecule has 0 aliphatic heterocycles. The summed E-state index contributed by atoms with van der Waals surface area (Å²) in [7, 11) is 3.85. The predicted molar refractivity (Wildman–Crippen MR) is 101 cm³/mol. The van der Waals surface area contributed by atoms with Crippen molar-refractivity contribution >= 4 is 23.4 Å². The van der Waals surface area contributed by atoms with Gasteiger partial charge in [-0.1, -0.05) is 12.1 Å². The Labute approximate surface area is 152 Å². The molecule has 0 aliphatic carbocycles. The Morgan fingerprint density at radius 1 is 1.00 bits per heavy atom. The van der Waals surface area contributed by atoms with E-state index in [-0.39, 0.29) is 5.91 Å². The van der Waals surface area contributed by atoms with Gasteiger partial charge in [-0.3, -0.25) is 4.79 Å². The van der Waals surface area contributed by atoms with Crippen molar-refractivity contribution in [1.29, 1.82) is 0 Å². The quantitative estimate of drug-likeness (QED) is 0.712. The van der Waals surface area contributed by atoms with E-state index >= 15 is 0 Å². The fraction of sp³-hybridized carbons (Fsp3) is 0.158. The van der Waals surface area contributed by atoms with Gasteiger partial charge < -0.3 is 15.5 Å². The van der Waals surface area contributed by atoms with Crippen molar-refractivity contribution in [3.63, 3.8) is 0 Å². The molecule has 0 spiro atoms. The summed E-state index contributed by atoms with van der Waals surface area (Å²) in [6, 6.07) is 12.8. The maximum Gasteiger partial charge on any atom is 0.251 e. The number of hydrogen-bond donors (Lipinski definition) is 2. The molecule has 0 unspecified atom stereocenters. The van der Waals surface area contributed by atoms with Gasteiger partial charge in [0.15, 0.2) is 0 Å². The number of hydrogen-bond acceptors (Lipinski definition) is 6. The Morgan fingerprint density at radius 2 is 1.77 bits per heavy atom. The molecule has 2 heterocycles. The van der Waals surface area contributed by atoms with Crippen LogP contribution in [0.5, 0.6) is 0 Å². The van der Waals surface area contributed by atoms with E-state index in [4.69, 9.17) is 0 Å². The molecule has 1 amide bonds. The van der Waals surface area contributed by atoms with Gasteiger partial charge in [0, 0.05) is 56.0 Å². The number of nitrogens with zero attached hydrogens (tertiary/aromatic N) is 4. The lowest BCUT2D eigenvalue weighted by Gasteiger charge is -2.16. The number of anilines is 3. The van der Waals surface area contributed by atoms with E-state index in [9.17, 15) is 4.79 Å². The first kappa shape index (κ1) is 17.3. The number of pyridine rings is 1. The summed E-state index contributed by atoms with van der Waals surface area (Å²) in [5.41, 5.74) is 2.26. The lowest BCUT2D eigenvalue weighted by molar-refractivity contribution is 0.0951. The van der Waals surface area contributed by atoms with Crippen LogP contribution in [0, 0.1) is 0 Å². The lowest BCUT2D eigenvalue weighted by atomic mass is 10.1. The van der Waals surface area contributed by atoms with Gasteiger partial charge in [0.05, 0.1) is 0 Å². The summed E-state index contributed by atoms with van der Waals surface area (Å²) in [5.74, 6) is 1.16. The molecular weight excluding hydrogens is 328 g/mol. The van der Waals surface area contributed by atoms with Crippen LogP contribution in [0.3, 0.4) is 0 Å². The van der Waals surface area contributed by atoms with E-state index < -0.39 is 0 Å². The lowest BCUT2D eigenvalue weighted by Crippen LogP contribution is -2.24. The largest absolute Gasteiger partial charge is 0.362 e. The van der Waals surface area contributed by atoms with Gasteiger partial charge >= 0.3 is 0 Å². The zero-order chi connectivity index (χ0) is 18.4. The van der Waals surface area contributed by atoms with E-state index in [0.717, 1.165) is 17.1 Å². The highest BCUT2D eigenvalue weighted by molar-refractivity contribution is 5.95. The van der Waals surface area contributed by atoms with Crippen LogP contribution < -0.4 is 15.5 Å². The topological polar surface area (TPSA) is 83.0 Å². The van der Waals surface area contributed by atoms with Crippen molar-refractivity contribution in [2.45, 2.75) is 6.54 Å². The number of benzene rings is 1. The van der Waals surface area contributed by atoms with Gasteiger partial charge in [0.25, 0.3) is 5.91 Å². The fourth-order valence-corrected chi connectivity index (χ4v) is 2.48. The van der Waals surface area contributed by atoms with Crippen molar-refractivity contribution in [2.24, 2.45) is 0 Å². The van der Waals surface area contributed by atoms with Crippen LogP contribution in [-0.2, 0) is 6.54 Å². The van der Waals surface area contributed by atoms with Crippen LogP contribution in [0.15, 0.2) is 61.1 Å². The first-order valence-corrected chi connectivity index (χ1v) is 8.17. The third-order valence-electron chi connectivity index (χ3n) is 3.68. The van der Waals surface area contributed by atoms with E-state index in [1.165, 1.54) is 0 Å². The van der Waals surface area contributed by atoms with Gasteiger partial charge in [0.2, 0.25) is 5.95 Å². The van der Waals surface area contributed by atoms with Crippen LogP contribution in [0.4, 0.5) is 17.5 Å². The Balaban J connectivity index is 1.68. The SMILES string of the molecule is CN(C)c1ncccc1CNC(=O)c1cccc(Nc2ncccn2)c1. The fourth-order valence-electron chi connectivity index (χ4n) is 2.48. The molecule has 0 atom stereocenters. The Bertz CT molecular complexity index is 882. The highest BCUT2D eigenvalue weighted by atomic mass is 16.1. The number of amides is 1. The first-order valence-electron chi connectivity index (χ1n) is 8.17. The van der Waals surface area contributed by atoms with Crippen molar-refractivity contribution < 1.29 is 4.79 Å². The van der Waals surface area contributed by atoms with E-state index in [1.807, 2.05) is 43.3 Å². The van der Waals surface area contributed by atoms with Crippen molar-refractivity contribution in [1.82, 2.24) is 20.3 Å². The molecule has 3 aromatic rings. The smallest absolute Gasteiger partial charge is 0.251 e. The molecule has 0 aliphatic rings. The van der Waals surface area contributed by atoms with Crippen molar-refractivity contribution in [2.75, 3.05) is 24.3 Å². The summed E-state index contributed by atoms with van der Waals surface area (Å²) in [5, 5.41) is 6.02. The zero-order valence-corrected chi connectivity index (χ0v) is 14.7. The second kappa shape index (κ2) is 8.06. The standard InChI is InChI=1S/C19H20N6O/c1-25(2)17-15(7-4-9-20-17)13-23-18(26)14-6-3-8-16(12-14)24-19-21-10-5-11-22-19/h3-12H,13H2,1-2H3,(H,23,26)(H,21,22,24). The molecular formula is C19H20N6O. The monoisotopic (exact) mass is 348 g/mol.